The molecule has 0 atom stereocenters. The predicted molar refractivity (Wildman–Crippen MR) is 112 cm³/mol. The molecule has 28 heavy (non-hydrogen) atoms. The number of hydrogen-bond donors (Lipinski definition) is 0. The Morgan fingerprint density at radius 1 is 0.964 bits per heavy atom. The standard InChI is InChI=1S/C22H16Cl2N2O2/c1-2-28-22(27)18-4-3-13-26-20(15-7-11-17(24)12-8-15)19(25-21(18)26)14-5-9-16(23)10-6-14/h3-13H,2H2,1H3. The highest BCUT2D eigenvalue weighted by Crippen LogP contribution is 2.34. The van der Waals surface area contributed by atoms with Gasteiger partial charge in [-0.15, -0.1) is 0 Å². The van der Waals surface area contributed by atoms with Crippen molar-refractivity contribution in [3.05, 3.63) is 82.5 Å². The first kappa shape index (κ1) is 18.5. The molecule has 0 bridgehead atoms. The van der Waals surface area contributed by atoms with Crippen LogP contribution in [0, 0.1) is 0 Å². The molecule has 2 aromatic carbocycles. The van der Waals surface area contributed by atoms with Gasteiger partial charge >= 0.3 is 5.97 Å². The Morgan fingerprint density at radius 2 is 1.57 bits per heavy atom. The molecule has 0 unspecified atom stereocenters. The number of halogens is 2. The van der Waals surface area contributed by atoms with Gasteiger partial charge in [0.05, 0.1) is 18.0 Å². The van der Waals surface area contributed by atoms with E-state index in [4.69, 9.17) is 32.9 Å². The average molecular weight is 411 g/mol. The number of imidazole rings is 1. The maximum Gasteiger partial charge on any atom is 0.341 e. The van der Waals surface area contributed by atoms with Gasteiger partial charge in [-0.25, -0.2) is 9.78 Å². The average Bonchev–Trinajstić information content (AvgIpc) is 3.09. The van der Waals surface area contributed by atoms with Crippen LogP contribution in [0.15, 0.2) is 66.9 Å². The first-order chi connectivity index (χ1) is 13.6. The van der Waals surface area contributed by atoms with Crippen LogP contribution in [0.25, 0.3) is 28.2 Å². The fourth-order valence-electron chi connectivity index (χ4n) is 3.13. The number of fused-ring (bicyclic) bond motifs is 1. The SMILES string of the molecule is CCOC(=O)c1cccn2c(-c3ccc(Cl)cc3)c(-c3ccc(Cl)cc3)nc12. The van der Waals surface area contributed by atoms with E-state index in [1.165, 1.54) is 0 Å². The van der Waals surface area contributed by atoms with E-state index in [0.29, 0.717) is 27.9 Å². The minimum absolute atomic E-state index is 0.300. The van der Waals surface area contributed by atoms with Crippen LogP contribution < -0.4 is 0 Å². The number of esters is 1. The van der Waals surface area contributed by atoms with Gasteiger partial charge in [-0.1, -0.05) is 47.5 Å². The monoisotopic (exact) mass is 410 g/mol. The molecule has 4 rings (SSSR count). The zero-order chi connectivity index (χ0) is 19.7. The van der Waals surface area contributed by atoms with E-state index in [0.717, 1.165) is 22.5 Å². The fourth-order valence-corrected chi connectivity index (χ4v) is 3.38. The topological polar surface area (TPSA) is 43.6 Å². The Labute approximate surface area is 172 Å². The molecule has 0 fully saturated rings. The van der Waals surface area contributed by atoms with Crippen molar-refractivity contribution in [2.75, 3.05) is 6.61 Å². The van der Waals surface area contributed by atoms with Crippen LogP contribution in [0.5, 0.6) is 0 Å². The Morgan fingerprint density at radius 3 is 2.18 bits per heavy atom. The number of hydrogen-bond acceptors (Lipinski definition) is 3. The smallest absolute Gasteiger partial charge is 0.341 e. The van der Waals surface area contributed by atoms with Crippen LogP contribution in [0.3, 0.4) is 0 Å². The summed E-state index contributed by atoms with van der Waals surface area (Å²) in [6.45, 7) is 2.08. The van der Waals surface area contributed by atoms with Gasteiger partial charge in [0.25, 0.3) is 0 Å². The highest BCUT2D eigenvalue weighted by molar-refractivity contribution is 6.31. The van der Waals surface area contributed by atoms with Crippen molar-refractivity contribution in [2.24, 2.45) is 0 Å². The third-order valence-electron chi connectivity index (χ3n) is 4.38. The third-order valence-corrected chi connectivity index (χ3v) is 4.88. The van der Waals surface area contributed by atoms with Crippen molar-refractivity contribution in [3.8, 4) is 22.5 Å². The van der Waals surface area contributed by atoms with Gasteiger partial charge in [0.15, 0.2) is 5.65 Å². The highest BCUT2D eigenvalue weighted by Gasteiger charge is 2.21. The highest BCUT2D eigenvalue weighted by atomic mass is 35.5. The first-order valence-corrected chi connectivity index (χ1v) is 9.54. The largest absolute Gasteiger partial charge is 0.462 e. The van der Waals surface area contributed by atoms with Gasteiger partial charge in [-0.3, -0.25) is 4.40 Å². The second-order valence-electron chi connectivity index (χ2n) is 6.16. The molecule has 0 spiro atoms. The molecule has 0 aliphatic heterocycles. The lowest BCUT2D eigenvalue weighted by atomic mass is 10.0. The molecule has 0 N–H and O–H groups in total. The quantitative estimate of drug-likeness (QED) is 0.378. The summed E-state index contributed by atoms with van der Waals surface area (Å²) in [5.41, 5.74) is 4.39. The molecule has 0 saturated carbocycles. The van der Waals surface area contributed by atoms with Gasteiger partial charge in [0.2, 0.25) is 0 Å². The summed E-state index contributed by atoms with van der Waals surface area (Å²) in [7, 11) is 0. The maximum atomic E-state index is 12.4. The number of ether oxygens (including phenoxy) is 1. The molecule has 0 saturated heterocycles. The zero-order valence-corrected chi connectivity index (χ0v) is 16.5. The molecule has 0 radical (unpaired) electrons. The van der Waals surface area contributed by atoms with Crippen LogP contribution in [0.2, 0.25) is 10.0 Å². The van der Waals surface area contributed by atoms with E-state index in [-0.39, 0.29) is 0 Å². The molecule has 4 aromatic rings. The summed E-state index contributed by atoms with van der Waals surface area (Å²) in [5.74, 6) is -0.400. The number of benzene rings is 2. The number of carbonyl (C=O) groups excluding carboxylic acids is 1. The van der Waals surface area contributed by atoms with Crippen molar-refractivity contribution in [2.45, 2.75) is 6.92 Å². The summed E-state index contributed by atoms with van der Waals surface area (Å²) in [6, 6.07) is 18.5. The molecule has 2 heterocycles. The Bertz CT molecular complexity index is 1150. The summed E-state index contributed by atoms with van der Waals surface area (Å²) in [4.78, 5) is 17.2. The first-order valence-electron chi connectivity index (χ1n) is 8.78. The lowest BCUT2D eigenvalue weighted by Crippen LogP contribution is -2.07. The molecule has 0 aliphatic carbocycles. The van der Waals surface area contributed by atoms with E-state index in [9.17, 15) is 4.79 Å². The zero-order valence-electron chi connectivity index (χ0n) is 15.0. The van der Waals surface area contributed by atoms with E-state index < -0.39 is 5.97 Å². The minimum atomic E-state index is -0.400. The molecular weight excluding hydrogens is 395 g/mol. The van der Waals surface area contributed by atoms with Crippen LogP contribution >= 0.6 is 23.2 Å². The van der Waals surface area contributed by atoms with Gasteiger partial charge in [-0.05, 0) is 43.3 Å². The van der Waals surface area contributed by atoms with Crippen molar-refractivity contribution in [1.82, 2.24) is 9.38 Å². The second kappa shape index (κ2) is 7.66. The summed E-state index contributed by atoms with van der Waals surface area (Å²) in [5, 5.41) is 1.30. The third kappa shape index (κ3) is 3.37. The Hall–Kier alpha value is -2.82. The van der Waals surface area contributed by atoms with E-state index in [2.05, 4.69) is 0 Å². The van der Waals surface area contributed by atoms with Crippen molar-refractivity contribution >= 4 is 34.8 Å². The van der Waals surface area contributed by atoms with Gasteiger partial charge in [0, 0.05) is 27.4 Å². The summed E-state index contributed by atoms with van der Waals surface area (Å²) in [6.07, 6.45) is 1.88. The van der Waals surface area contributed by atoms with Crippen molar-refractivity contribution in [3.63, 3.8) is 0 Å². The van der Waals surface area contributed by atoms with Gasteiger partial charge < -0.3 is 4.74 Å². The van der Waals surface area contributed by atoms with Crippen LogP contribution in [0.1, 0.15) is 17.3 Å². The second-order valence-corrected chi connectivity index (χ2v) is 7.03. The number of nitrogens with zero attached hydrogens (tertiary/aromatic N) is 2. The molecule has 0 aliphatic rings. The summed E-state index contributed by atoms with van der Waals surface area (Å²) < 4.78 is 7.10. The summed E-state index contributed by atoms with van der Waals surface area (Å²) >= 11 is 12.1. The molecular formula is C22H16Cl2N2O2. The van der Waals surface area contributed by atoms with Crippen LogP contribution in [0.4, 0.5) is 0 Å². The molecule has 140 valence electrons. The van der Waals surface area contributed by atoms with E-state index >= 15 is 0 Å². The number of rotatable bonds is 4. The number of carbonyl (C=O) groups is 1. The van der Waals surface area contributed by atoms with Crippen LogP contribution in [-0.4, -0.2) is 22.0 Å². The Kier molecular flexibility index (Phi) is 5.07. The maximum absolute atomic E-state index is 12.4. The molecule has 2 aromatic heterocycles. The Balaban J connectivity index is 2.02. The predicted octanol–water partition coefficient (Wildman–Crippen LogP) is 6.15. The number of aromatic nitrogens is 2. The molecule has 6 heteroatoms. The van der Waals surface area contributed by atoms with E-state index in [1.807, 2.05) is 65.2 Å². The van der Waals surface area contributed by atoms with Crippen LogP contribution in [-0.2, 0) is 4.74 Å². The lowest BCUT2D eigenvalue weighted by molar-refractivity contribution is 0.0528. The normalized spacial score (nSPS) is 11.0. The van der Waals surface area contributed by atoms with Crippen molar-refractivity contribution in [1.29, 1.82) is 0 Å². The van der Waals surface area contributed by atoms with Gasteiger partial charge in [-0.2, -0.15) is 0 Å². The van der Waals surface area contributed by atoms with Crippen molar-refractivity contribution < 1.29 is 9.53 Å². The molecule has 4 nitrogen and oxygen atoms in total. The number of pyridine rings is 1. The van der Waals surface area contributed by atoms with E-state index in [1.54, 1.807) is 13.0 Å². The fraction of sp³-hybridized carbons (Fsp3) is 0.0909. The molecule has 0 amide bonds. The van der Waals surface area contributed by atoms with Gasteiger partial charge in [0.1, 0.15) is 5.56 Å². The lowest BCUT2D eigenvalue weighted by Gasteiger charge is -2.07. The minimum Gasteiger partial charge on any atom is -0.462 e.